The molecule has 0 radical (unpaired) electrons. The Labute approximate surface area is 131 Å². The SMILES string of the molecule is Nc1cc(=O)[nH]c(CCNC(=O)C(O)c2ccccc2Cl)n1. The summed E-state index contributed by atoms with van der Waals surface area (Å²) >= 11 is 5.92. The zero-order chi connectivity index (χ0) is 16.1. The molecule has 1 heterocycles. The van der Waals surface area contributed by atoms with E-state index in [0.717, 1.165) is 0 Å². The Bertz CT molecular complexity index is 732. The van der Waals surface area contributed by atoms with Gasteiger partial charge in [0, 0.05) is 29.6 Å². The summed E-state index contributed by atoms with van der Waals surface area (Å²) in [5.41, 5.74) is 5.43. The number of aromatic amines is 1. The second kappa shape index (κ2) is 7.06. The molecule has 1 aromatic carbocycles. The minimum absolute atomic E-state index is 0.112. The molecule has 1 aromatic heterocycles. The van der Waals surface area contributed by atoms with E-state index in [1.54, 1.807) is 24.3 Å². The molecule has 0 bridgehead atoms. The van der Waals surface area contributed by atoms with Gasteiger partial charge in [-0.05, 0) is 6.07 Å². The maximum absolute atomic E-state index is 11.9. The van der Waals surface area contributed by atoms with Crippen LogP contribution in [0, 0.1) is 0 Å². The molecule has 5 N–H and O–H groups in total. The van der Waals surface area contributed by atoms with Crippen LogP contribution in [0.4, 0.5) is 5.82 Å². The molecule has 2 rings (SSSR count). The van der Waals surface area contributed by atoms with Gasteiger partial charge < -0.3 is 21.1 Å². The fraction of sp³-hybridized carbons (Fsp3) is 0.214. The summed E-state index contributed by atoms with van der Waals surface area (Å²) in [5.74, 6) is -0.113. The number of aliphatic hydroxyl groups is 1. The van der Waals surface area contributed by atoms with E-state index in [4.69, 9.17) is 17.3 Å². The average molecular weight is 323 g/mol. The lowest BCUT2D eigenvalue weighted by molar-refractivity contribution is -0.129. The van der Waals surface area contributed by atoms with Crippen molar-refractivity contribution in [3.63, 3.8) is 0 Å². The maximum Gasteiger partial charge on any atom is 0.253 e. The van der Waals surface area contributed by atoms with Gasteiger partial charge in [-0.25, -0.2) is 4.98 Å². The van der Waals surface area contributed by atoms with Gasteiger partial charge in [-0.2, -0.15) is 0 Å². The fourth-order valence-electron chi connectivity index (χ4n) is 1.89. The Balaban J connectivity index is 1.93. The topological polar surface area (TPSA) is 121 Å². The van der Waals surface area contributed by atoms with Crippen molar-refractivity contribution in [3.05, 3.63) is 57.1 Å². The molecule has 0 saturated carbocycles. The minimum Gasteiger partial charge on any atom is -0.383 e. The third kappa shape index (κ3) is 4.06. The summed E-state index contributed by atoms with van der Waals surface area (Å²) < 4.78 is 0. The van der Waals surface area contributed by atoms with Gasteiger partial charge in [-0.15, -0.1) is 0 Å². The molecule has 1 unspecified atom stereocenters. The summed E-state index contributed by atoms with van der Waals surface area (Å²) in [4.78, 5) is 29.5. The average Bonchev–Trinajstić information content (AvgIpc) is 2.46. The number of nitrogens with zero attached hydrogens (tertiary/aromatic N) is 1. The molecule has 7 nitrogen and oxygen atoms in total. The number of carbonyl (C=O) groups is 1. The smallest absolute Gasteiger partial charge is 0.253 e. The third-order valence-corrected chi connectivity index (χ3v) is 3.26. The standard InChI is InChI=1S/C14H15ClN4O3/c15-9-4-2-1-3-8(9)13(21)14(22)17-6-5-11-18-10(16)7-12(20)19-11/h1-4,7,13,21H,5-6H2,(H,17,22)(H3,16,18,19,20). The monoisotopic (exact) mass is 322 g/mol. The Morgan fingerprint density at radius 2 is 2.18 bits per heavy atom. The number of amides is 1. The normalized spacial score (nSPS) is 11.9. The van der Waals surface area contributed by atoms with Crippen LogP contribution in [-0.2, 0) is 11.2 Å². The van der Waals surface area contributed by atoms with E-state index in [9.17, 15) is 14.7 Å². The molecule has 0 aliphatic rings. The van der Waals surface area contributed by atoms with Gasteiger partial charge in [0.15, 0.2) is 6.10 Å². The van der Waals surface area contributed by atoms with Crippen molar-refractivity contribution >= 4 is 23.3 Å². The van der Waals surface area contributed by atoms with Crippen LogP contribution in [0.5, 0.6) is 0 Å². The highest BCUT2D eigenvalue weighted by Gasteiger charge is 2.19. The van der Waals surface area contributed by atoms with Crippen LogP contribution in [0.3, 0.4) is 0 Å². The van der Waals surface area contributed by atoms with Gasteiger partial charge in [0.1, 0.15) is 11.6 Å². The molecule has 2 aromatic rings. The number of hydrogen-bond acceptors (Lipinski definition) is 5. The molecular weight excluding hydrogens is 308 g/mol. The van der Waals surface area contributed by atoms with Crippen LogP contribution in [-0.4, -0.2) is 27.5 Å². The van der Waals surface area contributed by atoms with Crippen LogP contribution >= 0.6 is 11.6 Å². The quantitative estimate of drug-likeness (QED) is 0.635. The zero-order valence-corrected chi connectivity index (χ0v) is 12.3. The highest BCUT2D eigenvalue weighted by molar-refractivity contribution is 6.31. The summed E-state index contributed by atoms with van der Waals surface area (Å²) in [6.07, 6.45) is -1.08. The lowest BCUT2D eigenvalue weighted by Gasteiger charge is -2.12. The Morgan fingerprint density at radius 3 is 2.86 bits per heavy atom. The van der Waals surface area contributed by atoms with Gasteiger partial charge in [-0.1, -0.05) is 29.8 Å². The molecule has 8 heteroatoms. The molecule has 22 heavy (non-hydrogen) atoms. The van der Waals surface area contributed by atoms with Crippen molar-refractivity contribution in [3.8, 4) is 0 Å². The van der Waals surface area contributed by atoms with Gasteiger partial charge in [-0.3, -0.25) is 9.59 Å². The minimum atomic E-state index is -1.36. The number of nitrogens with one attached hydrogen (secondary N) is 2. The van der Waals surface area contributed by atoms with Gasteiger partial charge in [0.25, 0.3) is 11.5 Å². The van der Waals surface area contributed by atoms with Gasteiger partial charge in [0.05, 0.1) is 0 Å². The number of aromatic nitrogens is 2. The first kappa shape index (κ1) is 16.0. The number of carbonyl (C=O) groups excluding carboxylic acids is 1. The van der Waals surface area contributed by atoms with Crippen molar-refractivity contribution in [1.29, 1.82) is 0 Å². The number of hydrogen-bond donors (Lipinski definition) is 4. The molecule has 0 saturated heterocycles. The van der Waals surface area contributed by atoms with Crippen molar-refractivity contribution in [2.75, 3.05) is 12.3 Å². The number of rotatable bonds is 5. The number of halogens is 1. The van der Waals surface area contributed by atoms with Crippen LogP contribution in [0.15, 0.2) is 35.1 Å². The van der Waals surface area contributed by atoms with Crippen molar-refractivity contribution in [1.82, 2.24) is 15.3 Å². The highest BCUT2D eigenvalue weighted by atomic mass is 35.5. The van der Waals surface area contributed by atoms with E-state index in [1.165, 1.54) is 6.07 Å². The fourth-order valence-corrected chi connectivity index (χ4v) is 2.13. The number of benzene rings is 1. The highest BCUT2D eigenvalue weighted by Crippen LogP contribution is 2.22. The van der Waals surface area contributed by atoms with E-state index < -0.39 is 12.0 Å². The predicted octanol–water partition coefficient (Wildman–Crippen LogP) is 0.398. The molecule has 116 valence electrons. The molecular formula is C14H15ClN4O3. The summed E-state index contributed by atoms with van der Waals surface area (Å²) in [5, 5.41) is 12.8. The predicted molar refractivity (Wildman–Crippen MR) is 82.4 cm³/mol. The molecule has 0 aliphatic heterocycles. The molecule has 0 spiro atoms. The van der Waals surface area contributed by atoms with Crippen molar-refractivity contribution in [2.24, 2.45) is 0 Å². The largest absolute Gasteiger partial charge is 0.383 e. The van der Waals surface area contributed by atoms with Crippen LogP contribution in [0.25, 0.3) is 0 Å². The summed E-state index contributed by atoms with van der Waals surface area (Å²) in [7, 11) is 0. The van der Waals surface area contributed by atoms with E-state index in [1.807, 2.05) is 0 Å². The van der Waals surface area contributed by atoms with E-state index in [2.05, 4.69) is 15.3 Å². The number of nitrogens with two attached hydrogens (primary N) is 1. The second-order valence-corrected chi connectivity index (χ2v) is 4.99. The first-order valence-electron chi connectivity index (χ1n) is 6.53. The molecule has 0 fully saturated rings. The number of nitrogen functional groups attached to an aromatic ring is 1. The van der Waals surface area contributed by atoms with Crippen LogP contribution in [0.1, 0.15) is 17.5 Å². The van der Waals surface area contributed by atoms with Crippen molar-refractivity contribution < 1.29 is 9.90 Å². The van der Waals surface area contributed by atoms with Gasteiger partial charge >= 0.3 is 0 Å². The summed E-state index contributed by atoms with van der Waals surface area (Å²) in [6.45, 7) is 0.187. The lowest BCUT2D eigenvalue weighted by Crippen LogP contribution is -2.31. The zero-order valence-electron chi connectivity index (χ0n) is 11.5. The molecule has 1 amide bonds. The number of aliphatic hydroxyl groups excluding tert-OH is 1. The first-order chi connectivity index (χ1) is 10.5. The molecule has 1 atom stereocenters. The van der Waals surface area contributed by atoms with E-state index in [-0.39, 0.29) is 24.3 Å². The van der Waals surface area contributed by atoms with Gasteiger partial charge in [0.2, 0.25) is 0 Å². The number of H-pyrrole nitrogens is 1. The first-order valence-corrected chi connectivity index (χ1v) is 6.91. The third-order valence-electron chi connectivity index (χ3n) is 2.92. The van der Waals surface area contributed by atoms with E-state index >= 15 is 0 Å². The Kier molecular flexibility index (Phi) is 5.13. The summed E-state index contributed by atoms with van der Waals surface area (Å²) in [6, 6.07) is 7.72. The van der Waals surface area contributed by atoms with E-state index in [0.29, 0.717) is 16.4 Å². The lowest BCUT2D eigenvalue weighted by atomic mass is 10.1. The van der Waals surface area contributed by atoms with Crippen LogP contribution < -0.4 is 16.6 Å². The van der Waals surface area contributed by atoms with Crippen molar-refractivity contribution in [2.45, 2.75) is 12.5 Å². The second-order valence-electron chi connectivity index (χ2n) is 4.58. The maximum atomic E-state index is 11.9. The van der Waals surface area contributed by atoms with Crippen LogP contribution in [0.2, 0.25) is 5.02 Å². The Hall–Kier alpha value is -2.38. The molecule has 0 aliphatic carbocycles. The number of anilines is 1. The Morgan fingerprint density at radius 1 is 1.45 bits per heavy atom.